The molecule has 3 rings (SSSR count). The van der Waals surface area contributed by atoms with Gasteiger partial charge in [0.15, 0.2) is 0 Å². The highest BCUT2D eigenvalue weighted by atomic mass is 35.5. The molecule has 2 aromatic heterocycles. The number of hydrogen-bond donors (Lipinski definition) is 2. The molecule has 0 bridgehead atoms. The quantitative estimate of drug-likeness (QED) is 0.559. The highest BCUT2D eigenvalue weighted by Gasteiger charge is 2.23. The lowest BCUT2D eigenvalue weighted by Crippen LogP contribution is -2.33. The van der Waals surface area contributed by atoms with E-state index in [1.807, 2.05) is 0 Å². The second kappa shape index (κ2) is 8.72. The van der Waals surface area contributed by atoms with Crippen LogP contribution >= 0.6 is 11.6 Å². The summed E-state index contributed by atoms with van der Waals surface area (Å²) in [6.45, 7) is 3.55. The molecule has 2 aromatic rings. The maximum atomic E-state index is 11.5. The number of nitrogens with one attached hydrogen (secondary N) is 2. The number of likely N-dealkylation sites (tertiary alicyclic amines) is 1. The standard InChI is InChI=1S/C16H20ClN7O2/c17-12-4-5-13(19-10-12)22-16-14(24(25)26)15(20-11-21-16)18-6-9-23-7-2-1-3-8-23/h4-5,10-11H,1-3,6-9H2,(H2,18,19,20,21,22). The Bertz CT molecular complexity index is 751. The number of hydrogen-bond acceptors (Lipinski definition) is 8. The third-order valence-corrected chi connectivity index (χ3v) is 4.37. The summed E-state index contributed by atoms with van der Waals surface area (Å²) in [6, 6.07) is 3.26. The molecule has 2 N–H and O–H groups in total. The van der Waals surface area contributed by atoms with Crippen molar-refractivity contribution in [1.82, 2.24) is 19.9 Å². The molecule has 1 aliphatic heterocycles. The minimum absolute atomic E-state index is 0.0836. The van der Waals surface area contributed by atoms with Crippen LogP contribution in [0.25, 0.3) is 0 Å². The summed E-state index contributed by atoms with van der Waals surface area (Å²) in [7, 11) is 0. The molecule has 0 aliphatic carbocycles. The second-order valence-corrected chi connectivity index (χ2v) is 6.43. The van der Waals surface area contributed by atoms with E-state index >= 15 is 0 Å². The number of aromatic nitrogens is 3. The highest BCUT2D eigenvalue weighted by Crippen LogP contribution is 2.30. The first-order valence-electron chi connectivity index (χ1n) is 8.47. The van der Waals surface area contributed by atoms with E-state index in [-0.39, 0.29) is 17.3 Å². The number of rotatable bonds is 7. The smallest absolute Gasteiger partial charge is 0.353 e. The average Bonchev–Trinajstić information content (AvgIpc) is 2.64. The Balaban J connectivity index is 1.70. The molecule has 0 unspecified atom stereocenters. The number of nitro groups is 1. The summed E-state index contributed by atoms with van der Waals surface area (Å²) in [6.07, 6.45) is 6.42. The molecule has 0 radical (unpaired) electrons. The molecule has 3 heterocycles. The molecular formula is C16H20ClN7O2. The van der Waals surface area contributed by atoms with E-state index in [4.69, 9.17) is 11.6 Å². The van der Waals surface area contributed by atoms with Gasteiger partial charge in [-0.1, -0.05) is 18.0 Å². The van der Waals surface area contributed by atoms with E-state index in [1.165, 1.54) is 31.8 Å². The fourth-order valence-electron chi connectivity index (χ4n) is 2.86. The molecule has 1 aliphatic rings. The van der Waals surface area contributed by atoms with E-state index in [2.05, 4.69) is 30.5 Å². The first-order valence-corrected chi connectivity index (χ1v) is 8.85. The van der Waals surface area contributed by atoms with Crippen LogP contribution in [0.4, 0.5) is 23.1 Å². The van der Waals surface area contributed by atoms with Gasteiger partial charge in [0.2, 0.25) is 11.6 Å². The Morgan fingerprint density at radius 2 is 1.92 bits per heavy atom. The zero-order valence-corrected chi connectivity index (χ0v) is 14.9. The van der Waals surface area contributed by atoms with Crippen LogP contribution in [0.15, 0.2) is 24.7 Å². The molecule has 138 valence electrons. The van der Waals surface area contributed by atoms with Gasteiger partial charge in [0.1, 0.15) is 12.1 Å². The summed E-state index contributed by atoms with van der Waals surface area (Å²) in [5.74, 6) is 0.689. The third kappa shape index (κ3) is 4.77. The third-order valence-electron chi connectivity index (χ3n) is 4.15. The van der Waals surface area contributed by atoms with Crippen LogP contribution in [-0.4, -0.2) is 51.0 Å². The molecule has 1 saturated heterocycles. The molecule has 0 amide bonds. The highest BCUT2D eigenvalue weighted by molar-refractivity contribution is 6.30. The van der Waals surface area contributed by atoms with Gasteiger partial charge in [-0.15, -0.1) is 0 Å². The Hall–Kier alpha value is -2.52. The van der Waals surface area contributed by atoms with Crippen molar-refractivity contribution in [3.8, 4) is 0 Å². The van der Waals surface area contributed by atoms with Gasteiger partial charge in [-0.3, -0.25) is 10.1 Å². The van der Waals surface area contributed by atoms with Gasteiger partial charge in [0.05, 0.1) is 9.95 Å². The predicted octanol–water partition coefficient (Wildman–Crippen LogP) is 3.07. The van der Waals surface area contributed by atoms with Gasteiger partial charge in [-0.25, -0.2) is 15.0 Å². The lowest BCUT2D eigenvalue weighted by molar-refractivity contribution is -0.383. The van der Waals surface area contributed by atoms with Gasteiger partial charge in [-0.2, -0.15) is 0 Å². The van der Waals surface area contributed by atoms with Crippen molar-refractivity contribution in [2.75, 3.05) is 36.8 Å². The summed E-state index contributed by atoms with van der Waals surface area (Å²) < 4.78 is 0. The van der Waals surface area contributed by atoms with Crippen LogP contribution in [0.2, 0.25) is 5.02 Å². The van der Waals surface area contributed by atoms with Gasteiger partial charge < -0.3 is 15.5 Å². The van der Waals surface area contributed by atoms with Crippen molar-refractivity contribution in [1.29, 1.82) is 0 Å². The Morgan fingerprint density at radius 3 is 2.62 bits per heavy atom. The molecule has 0 spiro atoms. The van der Waals surface area contributed by atoms with E-state index in [9.17, 15) is 10.1 Å². The minimum atomic E-state index is -0.499. The predicted molar refractivity (Wildman–Crippen MR) is 100.0 cm³/mol. The fraction of sp³-hybridized carbons (Fsp3) is 0.438. The number of anilines is 3. The lowest BCUT2D eigenvalue weighted by atomic mass is 10.1. The molecule has 1 fully saturated rings. The van der Waals surface area contributed by atoms with Crippen LogP contribution in [0.1, 0.15) is 19.3 Å². The Kier molecular flexibility index (Phi) is 6.13. The van der Waals surface area contributed by atoms with Crippen molar-refractivity contribution < 1.29 is 4.92 Å². The topological polar surface area (TPSA) is 109 Å². The molecule has 0 atom stereocenters. The molecule has 9 nitrogen and oxygen atoms in total. The molecule has 0 aromatic carbocycles. The van der Waals surface area contributed by atoms with Gasteiger partial charge in [-0.05, 0) is 38.1 Å². The van der Waals surface area contributed by atoms with Crippen molar-refractivity contribution in [3.05, 3.63) is 39.8 Å². The summed E-state index contributed by atoms with van der Waals surface area (Å²) in [5, 5.41) is 17.9. The number of halogens is 1. The molecular weight excluding hydrogens is 358 g/mol. The van der Waals surface area contributed by atoms with E-state index in [1.54, 1.807) is 12.1 Å². The van der Waals surface area contributed by atoms with Crippen LogP contribution in [0, 0.1) is 10.1 Å². The second-order valence-electron chi connectivity index (χ2n) is 5.99. The number of piperidine rings is 1. The average molecular weight is 378 g/mol. The van der Waals surface area contributed by atoms with Crippen molar-refractivity contribution in [2.45, 2.75) is 19.3 Å². The first-order chi connectivity index (χ1) is 12.6. The normalized spacial score (nSPS) is 14.8. The maximum Gasteiger partial charge on any atom is 0.353 e. The van der Waals surface area contributed by atoms with Crippen LogP contribution in [-0.2, 0) is 0 Å². The van der Waals surface area contributed by atoms with Crippen molar-refractivity contribution in [2.24, 2.45) is 0 Å². The zero-order chi connectivity index (χ0) is 18.4. The van der Waals surface area contributed by atoms with Gasteiger partial charge >= 0.3 is 5.69 Å². The van der Waals surface area contributed by atoms with Gasteiger partial charge in [0, 0.05) is 19.3 Å². The van der Waals surface area contributed by atoms with Crippen LogP contribution in [0.3, 0.4) is 0 Å². The van der Waals surface area contributed by atoms with Crippen molar-refractivity contribution in [3.63, 3.8) is 0 Å². The summed E-state index contributed by atoms with van der Waals surface area (Å²) in [4.78, 5) is 25.5. The lowest BCUT2D eigenvalue weighted by Gasteiger charge is -2.26. The van der Waals surface area contributed by atoms with E-state index in [0.29, 0.717) is 17.4 Å². The van der Waals surface area contributed by atoms with Gasteiger partial charge in [0.25, 0.3) is 0 Å². The van der Waals surface area contributed by atoms with Crippen LogP contribution in [0.5, 0.6) is 0 Å². The minimum Gasteiger partial charge on any atom is -0.363 e. The SMILES string of the molecule is O=[N+]([O-])c1c(NCCN2CCCCC2)ncnc1Nc1ccc(Cl)cn1. The first kappa shape index (κ1) is 18.3. The molecule has 0 saturated carbocycles. The molecule has 10 heteroatoms. The monoisotopic (exact) mass is 377 g/mol. The molecule has 26 heavy (non-hydrogen) atoms. The van der Waals surface area contributed by atoms with E-state index in [0.717, 1.165) is 19.6 Å². The fourth-order valence-corrected chi connectivity index (χ4v) is 2.97. The Morgan fingerprint density at radius 1 is 1.15 bits per heavy atom. The largest absolute Gasteiger partial charge is 0.363 e. The number of pyridine rings is 1. The van der Waals surface area contributed by atoms with Crippen molar-refractivity contribution >= 4 is 34.7 Å². The zero-order valence-electron chi connectivity index (χ0n) is 14.2. The Labute approximate surface area is 156 Å². The van der Waals surface area contributed by atoms with Crippen LogP contribution < -0.4 is 10.6 Å². The van der Waals surface area contributed by atoms with E-state index < -0.39 is 4.92 Å². The number of nitrogens with zero attached hydrogens (tertiary/aromatic N) is 5. The summed E-state index contributed by atoms with van der Waals surface area (Å²) in [5.41, 5.74) is -0.206. The maximum absolute atomic E-state index is 11.5. The summed E-state index contributed by atoms with van der Waals surface area (Å²) >= 11 is 5.80.